The van der Waals surface area contributed by atoms with Crippen molar-refractivity contribution in [2.24, 2.45) is 0 Å². The number of aromatic nitrogens is 2. The second-order valence-corrected chi connectivity index (χ2v) is 8.60. The lowest BCUT2D eigenvalue weighted by Crippen LogP contribution is -2.55. The molecule has 0 aromatic carbocycles. The smallest absolute Gasteiger partial charge is 0.318 e. The van der Waals surface area contributed by atoms with E-state index in [0.29, 0.717) is 38.3 Å². The number of carbonyl (C=O) groups is 1. The van der Waals surface area contributed by atoms with Gasteiger partial charge in [0.05, 0.1) is 18.5 Å². The molecular formula is C23H33FN6O2. The number of halogens is 1. The first kappa shape index (κ1) is 23.9. The third-order valence-electron chi connectivity index (χ3n) is 6.35. The lowest BCUT2D eigenvalue weighted by atomic mass is 10.1. The first-order valence-electron chi connectivity index (χ1n) is 11.3. The van der Waals surface area contributed by atoms with E-state index in [1.807, 2.05) is 6.92 Å². The molecule has 9 heteroatoms. The number of piperazine rings is 1. The summed E-state index contributed by atoms with van der Waals surface area (Å²) in [7, 11) is 2.10. The first-order valence-corrected chi connectivity index (χ1v) is 11.3. The van der Waals surface area contributed by atoms with Gasteiger partial charge in [0.1, 0.15) is 12.4 Å². The van der Waals surface area contributed by atoms with Crippen LogP contribution >= 0.6 is 0 Å². The number of aryl methyl sites for hydroxylation is 1. The predicted octanol–water partition coefficient (Wildman–Crippen LogP) is 2.62. The highest BCUT2D eigenvalue weighted by Crippen LogP contribution is 2.28. The standard InChI is InChI=1S/C23H33FN6O2/c1-5-7-20-17(3)26-23(32-15-19-8-6-11-28(19)4)27-21(20)29-12-13-30(22(31)16(2)24)18(14-29)9-10-25/h18-19H,2,5-9,11-15H2,1,3-4H3. The topological polar surface area (TPSA) is 85.6 Å². The van der Waals surface area contributed by atoms with Gasteiger partial charge >= 0.3 is 6.01 Å². The Balaban J connectivity index is 1.84. The minimum absolute atomic E-state index is 0.111. The monoisotopic (exact) mass is 444 g/mol. The molecule has 1 aromatic rings. The molecule has 2 unspecified atom stereocenters. The number of carbonyl (C=O) groups excluding carboxylic acids is 1. The second-order valence-electron chi connectivity index (χ2n) is 8.60. The molecule has 0 aliphatic carbocycles. The van der Waals surface area contributed by atoms with Crippen molar-refractivity contribution in [3.63, 3.8) is 0 Å². The highest BCUT2D eigenvalue weighted by atomic mass is 19.1. The summed E-state index contributed by atoms with van der Waals surface area (Å²) in [5.41, 5.74) is 1.92. The van der Waals surface area contributed by atoms with E-state index in [0.717, 1.165) is 42.9 Å². The fourth-order valence-corrected chi connectivity index (χ4v) is 4.54. The number of hydrogen-bond donors (Lipinski definition) is 0. The minimum Gasteiger partial charge on any atom is -0.462 e. The van der Waals surface area contributed by atoms with Crippen molar-refractivity contribution in [2.75, 3.05) is 44.7 Å². The van der Waals surface area contributed by atoms with Crippen molar-refractivity contribution in [3.8, 4) is 12.1 Å². The van der Waals surface area contributed by atoms with Crippen molar-refractivity contribution in [1.29, 1.82) is 5.26 Å². The van der Waals surface area contributed by atoms with Crippen molar-refractivity contribution in [1.82, 2.24) is 19.8 Å². The molecule has 8 nitrogen and oxygen atoms in total. The molecule has 0 N–H and O–H groups in total. The molecule has 1 aromatic heterocycles. The molecule has 0 spiro atoms. The summed E-state index contributed by atoms with van der Waals surface area (Å²) in [6.07, 6.45) is 4.13. The van der Waals surface area contributed by atoms with Crippen molar-refractivity contribution < 1.29 is 13.9 Å². The van der Waals surface area contributed by atoms with Gasteiger partial charge < -0.3 is 19.4 Å². The van der Waals surface area contributed by atoms with E-state index >= 15 is 0 Å². The van der Waals surface area contributed by atoms with E-state index in [4.69, 9.17) is 9.72 Å². The Morgan fingerprint density at radius 1 is 1.31 bits per heavy atom. The Morgan fingerprint density at radius 3 is 2.72 bits per heavy atom. The normalized spacial score (nSPS) is 21.5. The average molecular weight is 445 g/mol. The van der Waals surface area contributed by atoms with E-state index in [-0.39, 0.29) is 6.42 Å². The maximum absolute atomic E-state index is 13.5. The number of rotatable bonds is 8. The summed E-state index contributed by atoms with van der Waals surface area (Å²) < 4.78 is 19.5. The van der Waals surface area contributed by atoms with Gasteiger partial charge in [0.25, 0.3) is 5.91 Å². The lowest BCUT2D eigenvalue weighted by molar-refractivity contribution is -0.131. The molecule has 2 aliphatic heterocycles. The minimum atomic E-state index is -1.00. The number of hydrogen-bond acceptors (Lipinski definition) is 7. The van der Waals surface area contributed by atoms with Crippen LogP contribution in [0.3, 0.4) is 0 Å². The Labute approximate surface area is 189 Å². The van der Waals surface area contributed by atoms with Crippen LogP contribution in [0.1, 0.15) is 43.9 Å². The van der Waals surface area contributed by atoms with Gasteiger partial charge in [-0.15, -0.1) is 0 Å². The highest BCUT2D eigenvalue weighted by molar-refractivity contribution is 5.91. The van der Waals surface area contributed by atoms with Crippen molar-refractivity contribution in [3.05, 3.63) is 23.7 Å². The maximum Gasteiger partial charge on any atom is 0.318 e. The summed E-state index contributed by atoms with van der Waals surface area (Å²) in [6.45, 7) is 9.98. The first-order chi connectivity index (χ1) is 15.3. The van der Waals surface area contributed by atoms with E-state index < -0.39 is 17.8 Å². The van der Waals surface area contributed by atoms with Crippen LogP contribution in [0.5, 0.6) is 6.01 Å². The van der Waals surface area contributed by atoms with Gasteiger partial charge in [0.15, 0.2) is 5.83 Å². The Kier molecular flexibility index (Phi) is 8.02. The third kappa shape index (κ3) is 5.36. The van der Waals surface area contributed by atoms with Crippen LogP contribution in [0.2, 0.25) is 0 Å². The molecule has 2 fully saturated rings. The van der Waals surface area contributed by atoms with Crippen LogP contribution in [0.15, 0.2) is 12.4 Å². The number of likely N-dealkylation sites (tertiary alicyclic amines) is 1. The van der Waals surface area contributed by atoms with Crippen LogP contribution in [-0.4, -0.2) is 77.6 Å². The van der Waals surface area contributed by atoms with Gasteiger partial charge in [-0.05, 0) is 39.8 Å². The number of nitrogens with zero attached hydrogens (tertiary/aromatic N) is 6. The fraction of sp³-hybridized carbons (Fsp3) is 0.652. The van der Waals surface area contributed by atoms with E-state index in [9.17, 15) is 14.4 Å². The van der Waals surface area contributed by atoms with Crippen molar-refractivity contribution >= 4 is 11.7 Å². The largest absolute Gasteiger partial charge is 0.462 e. The van der Waals surface area contributed by atoms with E-state index in [1.54, 1.807) is 0 Å². The molecule has 2 aliphatic rings. The van der Waals surface area contributed by atoms with E-state index in [1.165, 1.54) is 11.3 Å². The van der Waals surface area contributed by atoms with Gasteiger partial charge in [0.2, 0.25) is 0 Å². The lowest BCUT2D eigenvalue weighted by Gasteiger charge is -2.41. The molecule has 3 heterocycles. The zero-order valence-electron chi connectivity index (χ0n) is 19.3. The quantitative estimate of drug-likeness (QED) is 0.570. The Bertz CT molecular complexity index is 886. The highest BCUT2D eigenvalue weighted by Gasteiger charge is 2.33. The third-order valence-corrected chi connectivity index (χ3v) is 6.35. The van der Waals surface area contributed by atoms with Gasteiger partial charge in [-0.3, -0.25) is 4.79 Å². The molecule has 0 radical (unpaired) electrons. The number of amides is 1. The molecule has 0 bridgehead atoms. The van der Waals surface area contributed by atoms with Gasteiger partial charge in [-0.25, -0.2) is 9.37 Å². The Morgan fingerprint density at radius 2 is 2.09 bits per heavy atom. The zero-order valence-corrected chi connectivity index (χ0v) is 19.3. The number of anilines is 1. The maximum atomic E-state index is 13.5. The Hall–Kier alpha value is -2.73. The zero-order chi connectivity index (χ0) is 23.3. The molecule has 174 valence electrons. The van der Waals surface area contributed by atoms with Gasteiger partial charge in [0, 0.05) is 36.9 Å². The second kappa shape index (κ2) is 10.7. The van der Waals surface area contributed by atoms with Gasteiger partial charge in [-0.2, -0.15) is 10.2 Å². The molecule has 3 rings (SSSR count). The summed E-state index contributed by atoms with van der Waals surface area (Å²) in [4.78, 5) is 27.3. The predicted molar refractivity (Wildman–Crippen MR) is 120 cm³/mol. The van der Waals surface area contributed by atoms with Crippen LogP contribution in [-0.2, 0) is 11.2 Å². The molecule has 2 atom stereocenters. The number of ether oxygens (including phenoxy) is 1. The molecule has 0 saturated carbocycles. The SMILES string of the molecule is C=C(F)C(=O)N1CCN(c2nc(OCC3CCCN3C)nc(C)c2CCC)CC1CC#N. The fourth-order valence-electron chi connectivity index (χ4n) is 4.54. The summed E-state index contributed by atoms with van der Waals surface area (Å²) in [6, 6.07) is 2.40. The van der Waals surface area contributed by atoms with Crippen LogP contribution in [0.25, 0.3) is 0 Å². The molecular weight excluding hydrogens is 411 g/mol. The van der Waals surface area contributed by atoms with Gasteiger partial charge in [-0.1, -0.05) is 19.9 Å². The molecule has 2 saturated heterocycles. The number of nitriles is 1. The number of likely N-dealkylation sites (N-methyl/N-ethyl adjacent to an activating group) is 1. The summed E-state index contributed by atoms with van der Waals surface area (Å²) >= 11 is 0. The average Bonchev–Trinajstić information content (AvgIpc) is 3.18. The van der Waals surface area contributed by atoms with Crippen LogP contribution in [0.4, 0.5) is 10.2 Å². The molecule has 32 heavy (non-hydrogen) atoms. The summed E-state index contributed by atoms with van der Waals surface area (Å²) in [5, 5.41) is 9.26. The van der Waals surface area contributed by atoms with Crippen LogP contribution in [0, 0.1) is 18.3 Å². The van der Waals surface area contributed by atoms with Crippen molar-refractivity contribution in [2.45, 2.75) is 58.0 Å². The summed E-state index contributed by atoms with van der Waals surface area (Å²) in [5.74, 6) is -0.969. The van der Waals surface area contributed by atoms with Crippen LogP contribution < -0.4 is 9.64 Å². The molecule has 1 amide bonds. The van der Waals surface area contributed by atoms with E-state index in [2.05, 4.69) is 41.4 Å².